The minimum Gasteiger partial charge on any atom is -0.378 e. The summed E-state index contributed by atoms with van der Waals surface area (Å²) in [5.41, 5.74) is 6.26. The summed E-state index contributed by atoms with van der Waals surface area (Å²) in [7, 11) is 0. The van der Waals surface area contributed by atoms with Crippen molar-refractivity contribution in [3.8, 4) is 6.07 Å². The van der Waals surface area contributed by atoms with E-state index in [0.29, 0.717) is 0 Å². The molecule has 1 fully saturated rings. The number of nitriles is 1. The first-order valence-corrected chi connectivity index (χ1v) is 9.27. The number of pyridine rings is 1. The van der Waals surface area contributed by atoms with Gasteiger partial charge in [-0.1, -0.05) is 26.0 Å². The summed E-state index contributed by atoms with van der Waals surface area (Å²) in [5, 5.41) is 9.96. The lowest BCUT2D eigenvalue weighted by molar-refractivity contribution is 0.122. The molecule has 2 aliphatic rings. The monoisotopic (exact) mass is 346 g/mol. The molecule has 26 heavy (non-hydrogen) atoms. The molecule has 1 saturated heterocycles. The maximum Gasteiger partial charge on any atom is 0.157 e. The average Bonchev–Trinajstić information content (AvgIpc) is 3.16. The number of hydrogen-bond acceptors (Lipinski definition) is 4. The first-order chi connectivity index (χ1) is 12.6. The van der Waals surface area contributed by atoms with Crippen LogP contribution < -0.4 is 4.90 Å². The molecular weight excluding hydrogens is 324 g/mol. The Morgan fingerprint density at radius 2 is 1.85 bits per heavy atom. The van der Waals surface area contributed by atoms with E-state index in [0.717, 1.165) is 61.4 Å². The topological polar surface area (TPSA) is 53.6 Å². The van der Waals surface area contributed by atoms with E-state index in [4.69, 9.17) is 9.72 Å². The third-order valence-electron chi connectivity index (χ3n) is 5.67. The van der Waals surface area contributed by atoms with Crippen LogP contribution in [0.15, 0.2) is 24.3 Å². The summed E-state index contributed by atoms with van der Waals surface area (Å²) in [6.45, 7) is 7.82. The van der Waals surface area contributed by atoms with Crippen LogP contribution in [-0.4, -0.2) is 35.7 Å². The van der Waals surface area contributed by atoms with E-state index in [9.17, 15) is 5.26 Å². The Morgan fingerprint density at radius 1 is 1.12 bits per heavy atom. The van der Waals surface area contributed by atoms with Gasteiger partial charge < -0.3 is 9.64 Å². The number of aromatic nitrogens is 2. The van der Waals surface area contributed by atoms with E-state index in [1.165, 1.54) is 16.9 Å². The highest BCUT2D eigenvalue weighted by Gasteiger charge is 2.36. The third-order valence-corrected chi connectivity index (χ3v) is 5.67. The van der Waals surface area contributed by atoms with Gasteiger partial charge in [0.05, 0.1) is 29.8 Å². The fourth-order valence-corrected chi connectivity index (χ4v) is 4.59. The zero-order valence-corrected chi connectivity index (χ0v) is 15.2. The first kappa shape index (κ1) is 15.7. The number of nitrogens with zero attached hydrogens (tertiary/aromatic N) is 4. The Hall–Kier alpha value is -2.58. The largest absolute Gasteiger partial charge is 0.378 e. The Balaban J connectivity index is 1.92. The van der Waals surface area contributed by atoms with Gasteiger partial charge in [-0.2, -0.15) is 5.26 Å². The Bertz CT molecular complexity index is 1070. The number of anilines is 1. The fraction of sp³-hybridized carbons (Fsp3) is 0.429. The lowest BCUT2D eigenvalue weighted by atomic mass is 9.90. The highest BCUT2D eigenvalue weighted by molar-refractivity contribution is 5.86. The van der Waals surface area contributed by atoms with Crippen LogP contribution in [0.5, 0.6) is 0 Å². The summed E-state index contributed by atoms with van der Waals surface area (Å²) in [5.74, 6) is 1.22. The van der Waals surface area contributed by atoms with Gasteiger partial charge in [0.1, 0.15) is 11.9 Å². The van der Waals surface area contributed by atoms with Crippen LogP contribution >= 0.6 is 0 Å². The van der Waals surface area contributed by atoms with Crippen LogP contribution in [0.2, 0.25) is 0 Å². The molecule has 0 amide bonds. The standard InChI is InChI=1S/C21H22N4O/c1-21(2)11-14-15(12-21)20(24-7-9-26-10-8-24)25-18-6-4-3-5-17(18)23-19(25)16(14)13-22/h3-6H,7-12H2,1-2H3. The summed E-state index contributed by atoms with van der Waals surface area (Å²) < 4.78 is 7.81. The molecule has 5 nitrogen and oxygen atoms in total. The molecule has 5 heteroatoms. The molecule has 5 rings (SSSR count). The quantitative estimate of drug-likeness (QED) is 0.678. The fourth-order valence-electron chi connectivity index (χ4n) is 4.59. The predicted octanol–water partition coefficient (Wildman–Crippen LogP) is 3.32. The van der Waals surface area contributed by atoms with Gasteiger partial charge in [0.15, 0.2) is 5.65 Å². The normalized spacial score (nSPS) is 19.0. The van der Waals surface area contributed by atoms with Crippen LogP contribution in [0.25, 0.3) is 16.7 Å². The van der Waals surface area contributed by atoms with Gasteiger partial charge in [0, 0.05) is 13.1 Å². The number of benzene rings is 1. The van der Waals surface area contributed by atoms with Crippen LogP contribution in [-0.2, 0) is 17.6 Å². The third kappa shape index (κ3) is 2.15. The van der Waals surface area contributed by atoms with Crippen LogP contribution in [0, 0.1) is 16.7 Å². The smallest absolute Gasteiger partial charge is 0.157 e. The second-order valence-corrected chi connectivity index (χ2v) is 8.14. The van der Waals surface area contributed by atoms with Crippen molar-refractivity contribution >= 4 is 22.5 Å². The van der Waals surface area contributed by atoms with Crippen LogP contribution in [0.1, 0.15) is 30.5 Å². The second-order valence-electron chi connectivity index (χ2n) is 8.14. The van der Waals surface area contributed by atoms with Crippen LogP contribution in [0.3, 0.4) is 0 Å². The van der Waals surface area contributed by atoms with Crippen molar-refractivity contribution in [3.05, 3.63) is 41.0 Å². The number of rotatable bonds is 1. The van der Waals surface area contributed by atoms with Gasteiger partial charge in [-0.25, -0.2) is 4.98 Å². The molecule has 0 unspecified atom stereocenters. The van der Waals surface area contributed by atoms with Crippen molar-refractivity contribution in [2.24, 2.45) is 5.41 Å². The predicted molar refractivity (Wildman–Crippen MR) is 102 cm³/mol. The molecule has 0 N–H and O–H groups in total. The summed E-state index contributed by atoms with van der Waals surface area (Å²) in [6.07, 6.45) is 1.93. The molecule has 0 saturated carbocycles. The summed E-state index contributed by atoms with van der Waals surface area (Å²) >= 11 is 0. The minimum absolute atomic E-state index is 0.171. The maximum absolute atomic E-state index is 9.96. The molecule has 0 atom stereocenters. The van der Waals surface area contributed by atoms with Gasteiger partial charge in [-0.05, 0) is 41.5 Å². The molecule has 3 heterocycles. The SMILES string of the molecule is CC1(C)Cc2c(c(N3CCOCC3)n3c(nc4ccccc43)c2C#N)C1. The van der Waals surface area contributed by atoms with Crippen molar-refractivity contribution in [1.82, 2.24) is 9.38 Å². The highest BCUT2D eigenvalue weighted by Crippen LogP contribution is 2.44. The number of para-hydroxylation sites is 2. The second kappa shape index (κ2) is 5.46. The van der Waals surface area contributed by atoms with Crippen LogP contribution in [0.4, 0.5) is 5.82 Å². The molecule has 1 aromatic carbocycles. The lowest BCUT2D eigenvalue weighted by Crippen LogP contribution is -2.38. The van der Waals surface area contributed by atoms with E-state index in [2.05, 4.69) is 35.3 Å². The number of ether oxygens (including phenoxy) is 1. The van der Waals surface area contributed by atoms with E-state index >= 15 is 0 Å². The number of fused-ring (bicyclic) bond motifs is 4. The zero-order chi connectivity index (χ0) is 17.9. The molecular formula is C21H22N4O. The maximum atomic E-state index is 9.96. The lowest BCUT2D eigenvalue weighted by Gasteiger charge is -2.32. The molecule has 2 aromatic heterocycles. The number of hydrogen-bond donors (Lipinski definition) is 0. The highest BCUT2D eigenvalue weighted by atomic mass is 16.5. The van der Waals surface area contributed by atoms with Crippen molar-refractivity contribution in [2.45, 2.75) is 26.7 Å². The van der Waals surface area contributed by atoms with Gasteiger partial charge in [-0.3, -0.25) is 4.40 Å². The molecule has 3 aromatic rings. The summed E-state index contributed by atoms with van der Waals surface area (Å²) in [6, 6.07) is 10.7. The van der Waals surface area contributed by atoms with Crippen molar-refractivity contribution in [2.75, 3.05) is 31.2 Å². The molecule has 132 valence electrons. The Kier molecular flexibility index (Phi) is 3.29. The molecule has 0 bridgehead atoms. The number of imidazole rings is 1. The molecule has 0 spiro atoms. The minimum atomic E-state index is 0.171. The molecule has 1 aliphatic carbocycles. The van der Waals surface area contributed by atoms with E-state index in [1.807, 2.05) is 18.2 Å². The number of morpholine rings is 1. The molecule has 0 radical (unpaired) electrons. The van der Waals surface area contributed by atoms with E-state index in [1.54, 1.807) is 0 Å². The Morgan fingerprint density at radius 3 is 2.62 bits per heavy atom. The molecule has 1 aliphatic heterocycles. The Labute approximate surface area is 152 Å². The van der Waals surface area contributed by atoms with E-state index < -0.39 is 0 Å². The van der Waals surface area contributed by atoms with Crippen molar-refractivity contribution < 1.29 is 4.74 Å². The van der Waals surface area contributed by atoms with Gasteiger partial charge in [0.25, 0.3) is 0 Å². The van der Waals surface area contributed by atoms with Gasteiger partial charge in [0.2, 0.25) is 0 Å². The first-order valence-electron chi connectivity index (χ1n) is 9.27. The van der Waals surface area contributed by atoms with Crippen molar-refractivity contribution in [3.63, 3.8) is 0 Å². The van der Waals surface area contributed by atoms with Gasteiger partial charge >= 0.3 is 0 Å². The average molecular weight is 346 g/mol. The summed E-state index contributed by atoms with van der Waals surface area (Å²) in [4.78, 5) is 7.27. The van der Waals surface area contributed by atoms with E-state index in [-0.39, 0.29) is 5.41 Å². The zero-order valence-electron chi connectivity index (χ0n) is 15.2. The van der Waals surface area contributed by atoms with Crippen molar-refractivity contribution in [1.29, 1.82) is 5.26 Å². The van der Waals surface area contributed by atoms with Gasteiger partial charge in [-0.15, -0.1) is 0 Å².